The molecule has 30 heavy (non-hydrogen) atoms. The van der Waals surface area contributed by atoms with Gasteiger partial charge in [0.25, 0.3) is 0 Å². The van der Waals surface area contributed by atoms with Gasteiger partial charge >= 0.3 is 0 Å². The SMILES string of the molecule is CCCSc1ccc2c(-c3c(O)ccc4cc(SCCC)ccc34)c(O)ccc2c1. The highest BCUT2D eigenvalue weighted by Crippen LogP contribution is 2.45. The minimum Gasteiger partial charge on any atom is -0.507 e. The maximum absolute atomic E-state index is 10.8. The summed E-state index contributed by atoms with van der Waals surface area (Å²) in [5, 5.41) is 25.6. The fraction of sp³-hybridized carbons (Fsp3) is 0.231. The molecule has 2 N–H and O–H groups in total. The van der Waals surface area contributed by atoms with Crippen LogP contribution in [0.3, 0.4) is 0 Å². The fourth-order valence-electron chi connectivity index (χ4n) is 3.74. The average molecular weight is 435 g/mol. The Morgan fingerprint density at radius 2 is 1.03 bits per heavy atom. The van der Waals surface area contributed by atoms with E-state index in [1.165, 1.54) is 9.79 Å². The molecule has 0 aliphatic rings. The molecule has 0 amide bonds. The van der Waals surface area contributed by atoms with E-state index in [1.54, 1.807) is 12.1 Å². The summed E-state index contributed by atoms with van der Waals surface area (Å²) in [7, 11) is 0. The number of thioether (sulfide) groups is 2. The molecular weight excluding hydrogens is 408 g/mol. The Morgan fingerprint density at radius 3 is 1.43 bits per heavy atom. The van der Waals surface area contributed by atoms with Gasteiger partial charge in [0.15, 0.2) is 0 Å². The molecule has 4 aromatic rings. The van der Waals surface area contributed by atoms with Crippen molar-refractivity contribution in [2.24, 2.45) is 0 Å². The Kier molecular flexibility index (Phi) is 6.45. The van der Waals surface area contributed by atoms with Gasteiger partial charge in [0.2, 0.25) is 0 Å². The molecule has 0 heterocycles. The van der Waals surface area contributed by atoms with Crippen LogP contribution >= 0.6 is 23.5 Å². The summed E-state index contributed by atoms with van der Waals surface area (Å²) in [5.41, 5.74) is 1.38. The van der Waals surface area contributed by atoms with Gasteiger partial charge in [0.05, 0.1) is 0 Å². The van der Waals surface area contributed by atoms with E-state index in [1.807, 2.05) is 35.7 Å². The van der Waals surface area contributed by atoms with Gasteiger partial charge in [-0.1, -0.05) is 38.1 Å². The third-order valence-electron chi connectivity index (χ3n) is 5.13. The van der Waals surface area contributed by atoms with Crippen molar-refractivity contribution in [3.05, 3.63) is 60.7 Å². The first-order valence-corrected chi connectivity index (χ1v) is 12.4. The summed E-state index contributed by atoms with van der Waals surface area (Å²) in [4.78, 5) is 2.45. The van der Waals surface area contributed by atoms with Crippen LogP contribution in [-0.4, -0.2) is 21.7 Å². The average Bonchev–Trinajstić information content (AvgIpc) is 2.77. The van der Waals surface area contributed by atoms with Crippen molar-refractivity contribution in [1.29, 1.82) is 0 Å². The predicted molar refractivity (Wildman–Crippen MR) is 132 cm³/mol. The molecule has 0 unspecified atom stereocenters. The highest BCUT2D eigenvalue weighted by molar-refractivity contribution is 7.99. The zero-order valence-corrected chi connectivity index (χ0v) is 18.9. The minimum absolute atomic E-state index is 0.184. The molecule has 2 nitrogen and oxygen atoms in total. The lowest BCUT2D eigenvalue weighted by molar-refractivity contribution is 0.470. The molecule has 4 aromatic carbocycles. The lowest BCUT2D eigenvalue weighted by Crippen LogP contribution is -1.88. The maximum Gasteiger partial charge on any atom is 0.124 e. The topological polar surface area (TPSA) is 40.5 Å². The molecule has 0 radical (unpaired) electrons. The van der Waals surface area contributed by atoms with Crippen molar-refractivity contribution in [3.63, 3.8) is 0 Å². The Bertz CT molecular complexity index is 1110. The Morgan fingerprint density at radius 1 is 0.600 bits per heavy atom. The van der Waals surface area contributed by atoms with E-state index in [4.69, 9.17) is 0 Å². The van der Waals surface area contributed by atoms with Crippen molar-refractivity contribution in [2.45, 2.75) is 36.5 Å². The number of benzene rings is 4. The van der Waals surface area contributed by atoms with Crippen LogP contribution in [0.15, 0.2) is 70.5 Å². The smallest absolute Gasteiger partial charge is 0.124 e. The van der Waals surface area contributed by atoms with Gasteiger partial charge in [-0.3, -0.25) is 0 Å². The van der Waals surface area contributed by atoms with Gasteiger partial charge in [-0.2, -0.15) is 0 Å². The van der Waals surface area contributed by atoms with Gasteiger partial charge in [-0.25, -0.2) is 0 Å². The molecule has 0 bridgehead atoms. The molecule has 4 heteroatoms. The second-order valence-corrected chi connectivity index (χ2v) is 9.72. The summed E-state index contributed by atoms with van der Waals surface area (Å²) >= 11 is 3.68. The van der Waals surface area contributed by atoms with Gasteiger partial charge in [-0.05, 0) is 82.3 Å². The van der Waals surface area contributed by atoms with Crippen molar-refractivity contribution in [2.75, 3.05) is 11.5 Å². The first-order valence-electron chi connectivity index (χ1n) is 10.4. The molecular formula is C26H26O2S2. The number of aromatic hydroxyl groups is 2. The quantitative estimate of drug-likeness (QED) is 0.288. The zero-order valence-electron chi connectivity index (χ0n) is 17.3. The third kappa shape index (κ3) is 4.12. The summed E-state index contributed by atoms with van der Waals surface area (Å²) in [6.45, 7) is 4.36. The molecule has 0 fully saturated rings. The molecule has 154 valence electrons. The van der Waals surface area contributed by atoms with Crippen molar-refractivity contribution in [1.82, 2.24) is 0 Å². The fourth-order valence-corrected chi connectivity index (χ4v) is 5.37. The van der Waals surface area contributed by atoms with Gasteiger partial charge in [-0.15, -0.1) is 23.5 Å². The normalized spacial score (nSPS) is 11.4. The number of hydrogen-bond donors (Lipinski definition) is 2. The lowest BCUT2D eigenvalue weighted by Gasteiger charge is -2.15. The summed E-state index contributed by atoms with van der Waals surface area (Å²) in [5.74, 6) is 2.53. The minimum atomic E-state index is 0.184. The third-order valence-corrected chi connectivity index (χ3v) is 7.53. The Labute approximate surface area is 186 Å². The largest absolute Gasteiger partial charge is 0.507 e. The first kappa shape index (κ1) is 21.0. The Hall–Kier alpha value is -2.30. The number of phenols is 2. The monoisotopic (exact) mass is 434 g/mol. The molecule has 0 aliphatic heterocycles. The van der Waals surface area contributed by atoms with E-state index < -0.39 is 0 Å². The Balaban J connectivity index is 1.90. The van der Waals surface area contributed by atoms with Crippen LogP contribution in [-0.2, 0) is 0 Å². The molecule has 0 spiro atoms. The predicted octanol–water partition coefficient (Wildman–Crippen LogP) is 8.08. The summed E-state index contributed by atoms with van der Waals surface area (Å²) in [6, 6.07) is 20.0. The van der Waals surface area contributed by atoms with Gasteiger partial charge < -0.3 is 10.2 Å². The van der Waals surface area contributed by atoms with Crippen LogP contribution in [0.25, 0.3) is 32.7 Å². The highest BCUT2D eigenvalue weighted by Gasteiger charge is 2.17. The second kappa shape index (κ2) is 9.23. The van der Waals surface area contributed by atoms with Crippen molar-refractivity contribution >= 4 is 45.1 Å². The maximum atomic E-state index is 10.8. The van der Waals surface area contributed by atoms with E-state index in [0.29, 0.717) is 11.1 Å². The van der Waals surface area contributed by atoms with Crippen LogP contribution < -0.4 is 0 Å². The lowest BCUT2D eigenvalue weighted by atomic mass is 9.92. The van der Waals surface area contributed by atoms with Crippen LogP contribution in [0.1, 0.15) is 26.7 Å². The molecule has 0 atom stereocenters. The van der Waals surface area contributed by atoms with Crippen LogP contribution in [0.4, 0.5) is 0 Å². The van der Waals surface area contributed by atoms with E-state index in [0.717, 1.165) is 45.9 Å². The van der Waals surface area contributed by atoms with E-state index >= 15 is 0 Å². The van der Waals surface area contributed by atoms with Gasteiger partial charge in [0, 0.05) is 20.9 Å². The van der Waals surface area contributed by atoms with E-state index in [9.17, 15) is 10.2 Å². The first-order chi connectivity index (χ1) is 14.6. The second-order valence-electron chi connectivity index (χ2n) is 7.38. The number of rotatable bonds is 7. The number of hydrogen-bond acceptors (Lipinski definition) is 4. The van der Waals surface area contributed by atoms with E-state index in [-0.39, 0.29) is 11.5 Å². The van der Waals surface area contributed by atoms with E-state index in [2.05, 4.69) is 50.2 Å². The van der Waals surface area contributed by atoms with Gasteiger partial charge in [0.1, 0.15) is 11.5 Å². The summed E-state index contributed by atoms with van der Waals surface area (Å²) in [6.07, 6.45) is 2.26. The molecule has 0 aliphatic carbocycles. The zero-order chi connectivity index (χ0) is 21.1. The highest BCUT2D eigenvalue weighted by atomic mass is 32.2. The summed E-state index contributed by atoms with van der Waals surface area (Å²) < 4.78 is 0. The molecule has 4 rings (SSSR count). The molecule has 0 aromatic heterocycles. The number of phenolic OH excluding ortho intramolecular Hbond substituents is 2. The van der Waals surface area contributed by atoms with Crippen molar-refractivity contribution < 1.29 is 10.2 Å². The van der Waals surface area contributed by atoms with Crippen LogP contribution in [0, 0.1) is 0 Å². The van der Waals surface area contributed by atoms with Crippen LogP contribution in [0.5, 0.6) is 11.5 Å². The standard InChI is InChI=1S/C26H26O2S2/c1-3-13-29-19-7-9-21-17(15-19)5-11-23(27)25(21)26-22-10-8-20(30-14-4-2)16-18(22)6-12-24(26)28/h5-12,15-16,27-28H,3-4,13-14H2,1-2H3. The van der Waals surface area contributed by atoms with Crippen molar-refractivity contribution in [3.8, 4) is 22.6 Å². The number of fused-ring (bicyclic) bond motifs is 2. The molecule has 0 saturated carbocycles. The van der Waals surface area contributed by atoms with Crippen LogP contribution in [0.2, 0.25) is 0 Å². The molecule has 0 saturated heterocycles.